The Labute approximate surface area is 240 Å². The highest BCUT2D eigenvalue weighted by Crippen LogP contribution is 2.57. The number of rotatable bonds is 9. The van der Waals surface area contributed by atoms with E-state index in [1.807, 2.05) is 0 Å². The number of nitrogens with zero attached hydrogens (tertiary/aromatic N) is 6. The Morgan fingerprint density at radius 1 is 1.09 bits per heavy atom. The summed E-state index contributed by atoms with van der Waals surface area (Å²) < 4.78 is 49.7. The lowest BCUT2D eigenvalue weighted by Crippen LogP contribution is -2.37. The maximum atomic E-state index is 13.7. The van der Waals surface area contributed by atoms with Gasteiger partial charge < -0.3 is 49.5 Å². The molecule has 2 saturated heterocycles. The maximum absolute atomic E-state index is 13.7. The van der Waals surface area contributed by atoms with E-state index < -0.39 is 83.3 Å². The average Bonchev–Trinajstić information content (AvgIpc) is 3.72. The van der Waals surface area contributed by atoms with E-state index in [-0.39, 0.29) is 22.6 Å². The van der Waals surface area contributed by atoms with Gasteiger partial charge in [0.05, 0.1) is 31.3 Å². The lowest BCUT2D eigenvalue weighted by atomic mass is 10.1. The fourth-order valence-corrected chi connectivity index (χ4v) is 7.41. The maximum Gasteiger partial charge on any atom is 0.695 e. The molecule has 20 nitrogen and oxygen atoms in total. The van der Waals surface area contributed by atoms with Crippen LogP contribution in [-0.4, -0.2) is 109 Å². The molecule has 0 aliphatic carbocycles. The Bertz CT molecular complexity index is 1780. The second-order valence-corrected chi connectivity index (χ2v) is 12.4. The molecular weight excluding hydrogens is 618 g/mol. The van der Waals surface area contributed by atoms with Crippen molar-refractivity contribution in [2.75, 3.05) is 18.9 Å². The SMILES string of the molecule is Nc1ncnc2c1ccn2[C@@H]1O[C@H](COP(=O)(O)[C@@H]2[C@H](O)[C@@H](CO)O[C@H]2n2cnc3c(=O)[nH]cnc32)[C@@H](O[P+](=O)O)[C@H]1O. The summed E-state index contributed by atoms with van der Waals surface area (Å²) in [5.41, 5.74) is 3.68. The molecule has 2 unspecified atom stereocenters. The molecule has 8 N–H and O–H groups in total. The summed E-state index contributed by atoms with van der Waals surface area (Å²) in [5, 5.41) is 32.0. The molecule has 22 heteroatoms. The number of aromatic amines is 1. The molecule has 0 aromatic carbocycles. The number of nitrogens with one attached hydrogen (secondary N) is 1. The number of H-pyrrole nitrogens is 1. The quantitative estimate of drug-likeness (QED) is 0.0996. The molecule has 2 fully saturated rings. The first-order valence-electron chi connectivity index (χ1n) is 12.6. The van der Waals surface area contributed by atoms with Crippen LogP contribution in [0, 0.1) is 0 Å². The first kappa shape index (κ1) is 29.8. The van der Waals surface area contributed by atoms with Gasteiger partial charge in [0.1, 0.15) is 47.9 Å². The van der Waals surface area contributed by atoms with E-state index in [2.05, 4.69) is 24.9 Å². The lowest BCUT2D eigenvalue weighted by Gasteiger charge is -2.27. The van der Waals surface area contributed by atoms with Gasteiger partial charge in [-0.25, -0.2) is 19.9 Å². The van der Waals surface area contributed by atoms with Crippen molar-refractivity contribution in [3.63, 3.8) is 0 Å². The molecular formula is C21H25N8O12P2+. The highest BCUT2D eigenvalue weighted by Gasteiger charge is 2.56. The summed E-state index contributed by atoms with van der Waals surface area (Å²) >= 11 is 0. The van der Waals surface area contributed by atoms with Gasteiger partial charge in [-0.05, 0) is 6.07 Å². The minimum atomic E-state index is -4.94. The number of nitrogen functional groups attached to an aromatic ring is 1. The molecule has 43 heavy (non-hydrogen) atoms. The van der Waals surface area contributed by atoms with Crippen LogP contribution in [0.5, 0.6) is 0 Å². The fraction of sp³-hybridized carbons (Fsp3) is 0.476. The molecule has 6 rings (SSSR count). The second-order valence-electron chi connectivity index (χ2n) is 9.73. The highest BCUT2D eigenvalue weighted by atomic mass is 31.2. The zero-order valence-corrected chi connectivity index (χ0v) is 23.5. The van der Waals surface area contributed by atoms with Gasteiger partial charge in [-0.3, -0.25) is 13.9 Å². The average molecular weight is 643 g/mol. The Balaban J connectivity index is 1.28. The molecule has 4 aromatic rings. The molecule has 2 aliphatic rings. The van der Waals surface area contributed by atoms with Crippen LogP contribution in [0.15, 0.2) is 36.0 Å². The van der Waals surface area contributed by atoms with Crippen molar-refractivity contribution in [3.05, 3.63) is 41.6 Å². The van der Waals surface area contributed by atoms with Gasteiger partial charge in [0, 0.05) is 10.8 Å². The van der Waals surface area contributed by atoms with Crippen molar-refractivity contribution in [1.82, 2.24) is 34.1 Å². The number of nitrogens with two attached hydrogens (primary N) is 1. The van der Waals surface area contributed by atoms with Crippen molar-refractivity contribution in [3.8, 4) is 0 Å². The third kappa shape index (κ3) is 5.15. The number of aliphatic hydroxyl groups excluding tert-OH is 3. The molecule has 10 atom stereocenters. The lowest BCUT2D eigenvalue weighted by molar-refractivity contribution is -0.0488. The number of imidazole rings is 1. The normalized spacial score (nSPS) is 31.1. The van der Waals surface area contributed by atoms with Crippen LogP contribution in [0.1, 0.15) is 12.5 Å². The second kappa shape index (κ2) is 11.3. The van der Waals surface area contributed by atoms with Crippen LogP contribution >= 0.6 is 15.9 Å². The molecule has 0 radical (unpaired) electrons. The van der Waals surface area contributed by atoms with E-state index in [1.54, 1.807) is 6.07 Å². The Morgan fingerprint density at radius 3 is 2.60 bits per heavy atom. The predicted molar refractivity (Wildman–Crippen MR) is 141 cm³/mol. The van der Waals surface area contributed by atoms with Crippen LogP contribution in [0.4, 0.5) is 5.82 Å². The van der Waals surface area contributed by atoms with Crippen molar-refractivity contribution < 1.29 is 52.8 Å². The van der Waals surface area contributed by atoms with Gasteiger partial charge in [0.15, 0.2) is 29.7 Å². The van der Waals surface area contributed by atoms with Crippen molar-refractivity contribution in [2.24, 2.45) is 0 Å². The zero-order valence-electron chi connectivity index (χ0n) is 21.7. The first-order chi connectivity index (χ1) is 20.5. The molecule has 2 aliphatic heterocycles. The topological polar surface area (TPSA) is 293 Å². The summed E-state index contributed by atoms with van der Waals surface area (Å²) in [5.74, 6) is 0.155. The number of aromatic nitrogens is 7. The van der Waals surface area contributed by atoms with Gasteiger partial charge in [0.25, 0.3) is 5.56 Å². The number of ether oxygens (including phenoxy) is 2. The monoisotopic (exact) mass is 643 g/mol. The zero-order chi connectivity index (χ0) is 30.6. The minimum absolute atomic E-state index is 0.0294. The number of anilines is 1. The molecule has 230 valence electrons. The summed E-state index contributed by atoms with van der Waals surface area (Å²) in [6.45, 7) is -1.50. The van der Waals surface area contributed by atoms with Crippen LogP contribution in [-0.2, 0) is 27.7 Å². The van der Waals surface area contributed by atoms with Crippen molar-refractivity contribution in [1.29, 1.82) is 0 Å². The van der Waals surface area contributed by atoms with Crippen LogP contribution in [0.3, 0.4) is 0 Å². The Hall–Kier alpha value is -3.26. The van der Waals surface area contributed by atoms with Gasteiger partial charge in [0.2, 0.25) is 0 Å². The summed E-state index contributed by atoms with van der Waals surface area (Å²) in [6, 6.07) is 1.57. The van der Waals surface area contributed by atoms with E-state index >= 15 is 0 Å². The van der Waals surface area contributed by atoms with Gasteiger partial charge >= 0.3 is 15.9 Å². The largest absolute Gasteiger partial charge is 0.695 e. The van der Waals surface area contributed by atoms with E-state index in [0.29, 0.717) is 5.39 Å². The van der Waals surface area contributed by atoms with Gasteiger partial charge in [-0.2, -0.15) is 0 Å². The number of hydrogen-bond acceptors (Lipinski definition) is 15. The van der Waals surface area contributed by atoms with Crippen molar-refractivity contribution >= 4 is 43.9 Å². The number of hydrogen-bond donors (Lipinski definition) is 7. The van der Waals surface area contributed by atoms with Gasteiger partial charge in [-0.1, -0.05) is 0 Å². The smallest absolute Gasteiger partial charge is 0.394 e. The summed E-state index contributed by atoms with van der Waals surface area (Å²) in [4.78, 5) is 51.0. The van der Waals surface area contributed by atoms with E-state index in [0.717, 1.165) is 17.2 Å². The number of fused-ring (bicyclic) bond motifs is 2. The van der Waals surface area contributed by atoms with Crippen LogP contribution < -0.4 is 11.3 Å². The van der Waals surface area contributed by atoms with E-state index in [1.165, 1.54) is 17.1 Å². The standard InChI is InChI=1S/C21H24N8O12P2/c22-16-8-1-2-28(17(8)24-5-23-16)20-13(32)14(41-42(34)35)10(40-20)4-38-43(36,37)15-12(31)9(3-30)39-21(15)29-7-27-11-18(29)25-6-26-19(11)33/h1-2,5-7,9-10,12-15,20-21,30-32H,3-4H2,(H4-,22,23,24,25,26,33,34,35,36,37)/p+1/t9-,10-,12-,13-,14-,15-,20-,21-/m1/s1. The summed E-state index contributed by atoms with van der Waals surface area (Å²) in [7, 11) is -8.20. The van der Waals surface area contributed by atoms with E-state index in [4.69, 9.17) is 24.3 Å². The van der Waals surface area contributed by atoms with E-state index in [9.17, 15) is 39.0 Å². The molecule has 4 aromatic heterocycles. The minimum Gasteiger partial charge on any atom is -0.394 e. The molecule has 0 amide bonds. The third-order valence-corrected chi connectivity index (χ3v) is 9.55. The highest BCUT2D eigenvalue weighted by molar-refractivity contribution is 7.53. The molecule has 6 heterocycles. The molecule has 0 bridgehead atoms. The summed E-state index contributed by atoms with van der Waals surface area (Å²) in [6.07, 6.45) is -5.39. The first-order valence-corrected chi connectivity index (χ1v) is 15.3. The predicted octanol–water partition coefficient (Wildman–Crippen LogP) is -1.74. The number of aliphatic hydroxyl groups is 3. The molecule has 0 saturated carbocycles. The van der Waals surface area contributed by atoms with Crippen LogP contribution in [0.2, 0.25) is 0 Å². The van der Waals surface area contributed by atoms with Crippen LogP contribution in [0.25, 0.3) is 22.2 Å². The third-order valence-electron chi connectivity index (χ3n) is 7.29. The Morgan fingerprint density at radius 2 is 1.86 bits per heavy atom. The fourth-order valence-electron chi connectivity index (χ4n) is 5.29. The molecule has 0 spiro atoms. The van der Waals surface area contributed by atoms with Gasteiger partial charge in [-0.15, -0.1) is 9.42 Å². The Kier molecular flexibility index (Phi) is 7.86. The van der Waals surface area contributed by atoms with Crippen molar-refractivity contribution in [2.45, 2.75) is 48.6 Å².